The van der Waals surface area contributed by atoms with Crippen molar-refractivity contribution >= 4 is 40.3 Å². The van der Waals surface area contributed by atoms with Crippen molar-refractivity contribution in [3.05, 3.63) is 47.0 Å². The molecule has 0 amide bonds. The van der Waals surface area contributed by atoms with Crippen molar-refractivity contribution in [3.63, 3.8) is 0 Å². The number of ether oxygens (including phenoxy) is 2. The Bertz CT molecular complexity index is 634. The zero-order valence-corrected chi connectivity index (χ0v) is 14.1. The van der Waals surface area contributed by atoms with Gasteiger partial charge in [0.1, 0.15) is 11.5 Å². The number of thiocarbonyl (C=S) groups is 1. The van der Waals surface area contributed by atoms with Crippen molar-refractivity contribution < 1.29 is 9.47 Å². The standard InChI is InChI=1S/C16H17ClN2O2S/c1-10-4-6-14(20-2)12(8-10)18-16(22)19-13-9-11(17)5-7-15(13)21-3/h4-9H,1-3H3,(H2,18,19,22). The monoisotopic (exact) mass is 336 g/mol. The maximum atomic E-state index is 6.01. The Morgan fingerprint density at radius 1 is 0.955 bits per heavy atom. The number of nitrogens with one attached hydrogen (secondary N) is 2. The first-order valence-corrected chi connectivity index (χ1v) is 7.38. The van der Waals surface area contributed by atoms with E-state index in [0.717, 1.165) is 11.3 Å². The smallest absolute Gasteiger partial charge is 0.175 e. The first-order chi connectivity index (χ1) is 10.5. The van der Waals surface area contributed by atoms with Crippen LogP contribution in [0.1, 0.15) is 5.56 Å². The van der Waals surface area contributed by atoms with E-state index in [2.05, 4.69) is 10.6 Å². The molecule has 2 rings (SSSR count). The number of methoxy groups -OCH3 is 2. The molecule has 0 heterocycles. The van der Waals surface area contributed by atoms with Gasteiger partial charge in [-0.25, -0.2) is 0 Å². The molecular formula is C16H17ClN2O2S. The molecule has 2 N–H and O–H groups in total. The fourth-order valence-corrected chi connectivity index (χ4v) is 2.37. The number of hydrogen-bond acceptors (Lipinski definition) is 3. The highest BCUT2D eigenvalue weighted by atomic mass is 35.5. The van der Waals surface area contributed by atoms with E-state index in [9.17, 15) is 0 Å². The molecule has 0 radical (unpaired) electrons. The van der Waals surface area contributed by atoms with Crippen molar-refractivity contribution in [1.29, 1.82) is 0 Å². The summed E-state index contributed by atoms with van der Waals surface area (Å²) in [6.07, 6.45) is 0. The van der Waals surface area contributed by atoms with Gasteiger partial charge in [0.05, 0.1) is 25.6 Å². The molecule has 0 aliphatic carbocycles. The van der Waals surface area contributed by atoms with Crippen LogP contribution in [0.5, 0.6) is 11.5 Å². The van der Waals surface area contributed by atoms with Gasteiger partial charge in [-0.15, -0.1) is 0 Å². The predicted molar refractivity (Wildman–Crippen MR) is 95.6 cm³/mol. The molecule has 116 valence electrons. The number of aryl methyl sites for hydroxylation is 1. The van der Waals surface area contributed by atoms with Crippen molar-refractivity contribution in [2.24, 2.45) is 0 Å². The van der Waals surface area contributed by atoms with Crippen LogP contribution in [0.4, 0.5) is 11.4 Å². The topological polar surface area (TPSA) is 42.5 Å². The van der Waals surface area contributed by atoms with Gasteiger partial charge in [0.2, 0.25) is 0 Å². The summed E-state index contributed by atoms with van der Waals surface area (Å²) in [6, 6.07) is 11.1. The molecule has 0 atom stereocenters. The van der Waals surface area contributed by atoms with Crippen molar-refractivity contribution in [1.82, 2.24) is 0 Å². The largest absolute Gasteiger partial charge is 0.495 e. The zero-order valence-electron chi connectivity index (χ0n) is 12.6. The quantitative estimate of drug-likeness (QED) is 0.806. The molecule has 22 heavy (non-hydrogen) atoms. The molecule has 0 fully saturated rings. The van der Waals surface area contributed by atoms with E-state index in [0.29, 0.717) is 27.3 Å². The molecule has 2 aromatic rings. The fourth-order valence-electron chi connectivity index (χ4n) is 1.97. The Labute approximate surface area is 140 Å². The van der Waals surface area contributed by atoms with Crippen LogP contribution < -0.4 is 20.1 Å². The molecule has 0 aromatic heterocycles. The van der Waals surface area contributed by atoms with Gasteiger partial charge in [0.15, 0.2) is 5.11 Å². The highest BCUT2D eigenvalue weighted by molar-refractivity contribution is 7.80. The van der Waals surface area contributed by atoms with E-state index in [4.69, 9.17) is 33.3 Å². The third-order valence-corrected chi connectivity index (χ3v) is 3.45. The van der Waals surface area contributed by atoms with Gasteiger partial charge >= 0.3 is 0 Å². The second-order valence-electron chi connectivity index (χ2n) is 4.63. The molecule has 2 aromatic carbocycles. The lowest BCUT2D eigenvalue weighted by Gasteiger charge is -2.15. The van der Waals surface area contributed by atoms with Gasteiger partial charge in [-0.2, -0.15) is 0 Å². The zero-order chi connectivity index (χ0) is 16.1. The van der Waals surface area contributed by atoms with Crippen molar-refractivity contribution in [2.75, 3.05) is 24.9 Å². The summed E-state index contributed by atoms with van der Waals surface area (Å²) in [7, 11) is 3.21. The third-order valence-electron chi connectivity index (χ3n) is 3.01. The van der Waals surface area contributed by atoms with E-state index in [-0.39, 0.29) is 0 Å². The normalized spacial score (nSPS) is 10.0. The Kier molecular flexibility index (Phi) is 5.46. The van der Waals surface area contributed by atoms with Crippen LogP contribution in [0.25, 0.3) is 0 Å². The van der Waals surface area contributed by atoms with Gasteiger partial charge < -0.3 is 20.1 Å². The molecule has 0 saturated carbocycles. The molecule has 0 aliphatic heterocycles. The summed E-state index contributed by atoms with van der Waals surface area (Å²) in [5.74, 6) is 1.37. The number of anilines is 2. The van der Waals surface area contributed by atoms with E-state index in [1.165, 1.54) is 0 Å². The maximum Gasteiger partial charge on any atom is 0.175 e. The summed E-state index contributed by atoms with van der Waals surface area (Å²) >= 11 is 11.3. The molecule has 0 spiro atoms. The van der Waals surface area contributed by atoms with Crippen LogP contribution in [0.2, 0.25) is 5.02 Å². The summed E-state index contributed by atoms with van der Waals surface area (Å²) in [5, 5.41) is 7.21. The Hall–Kier alpha value is -1.98. The predicted octanol–water partition coefficient (Wildman–Crippen LogP) is 4.47. The summed E-state index contributed by atoms with van der Waals surface area (Å²) in [4.78, 5) is 0. The summed E-state index contributed by atoms with van der Waals surface area (Å²) in [5.41, 5.74) is 2.59. The fraction of sp³-hybridized carbons (Fsp3) is 0.188. The van der Waals surface area contributed by atoms with E-state index in [1.54, 1.807) is 32.4 Å². The van der Waals surface area contributed by atoms with Gasteiger partial charge in [-0.1, -0.05) is 17.7 Å². The lowest BCUT2D eigenvalue weighted by Crippen LogP contribution is -2.20. The summed E-state index contributed by atoms with van der Waals surface area (Å²) < 4.78 is 10.6. The highest BCUT2D eigenvalue weighted by Crippen LogP contribution is 2.29. The Balaban J connectivity index is 2.17. The molecule has 4 nitrogen and oxygen atoms in total. The van der Waals surface area contributed by atoms with E-state index >= 15 is 0 Å². The molecule has 0 saturated heterocycles. The Morgan fingerprint density at radius 3 is 2.09 bits per heavy atom. The number of rotatable bonds is 4. The average Bonchev–Trinajstić information content (AvgIpc) is 2.47. The molecule has 0 aliphatic rings. The molecule has 6 heteroatoms. The first-order valence-electron chi connectivity index (χ1n) is 6.59. The minimum atomic E-state index is 0.421. The van der Waals surface area contributed by atoms with Gasteiger partial charge in [0, 0.05) is 5.02 Å². The maximum absolute atomic E-state index is 6.01. The Morgan fingerprint density at radius 2 is 1.50 bits per heavy atom. The molecule has 0 unspecified atom stereocenters. The number of benzene rings is 2. The molecule has 0 bridgehead atoms. The summed E-state index contributed by atoms with van der Waals surface area (Å²) in [6.45, 7) is 2.00. The van der Waals surface area contributed by atoms with Crippen LogP contribution >= 0.6 is 23.8 Å². The number of halogens is 1. The van der Waals surface area contributed by atoms with Crippen LogP contribution in [-0.2, 0) is 0 Å². The van der Waals surface area contributed by atoms with Crippen LogP contribution in [0, 0.1) is 6.92 Å². The average molecular weight is 337 g/mol. The second-order valence-corrected chi connectivity index (χ2v) is 5.47. The minimum absolute atomic E-state index is 0.421. The van der Waals surface area contributed by atoms with Crippen LogP contribution in [0.3, 0.4) is 0 Å². The second kappa shape index (κ2) is 7.33. The lowest BCUT2D eigenvalue weighted by atomic mass is 10.2. The van der Waals surface area contributed by atoms with Crippen LogP contribution in [0.15, 0.2) is 36.4 Å². The van der Waals surface area contributed by atoms with Crippen molar-refractivity contribution in [2.45, 2.75) is 6.92 Å². The van der Waals surface area contributed by atoms with Crippen molar-refractivity contribution in [3.8, 4) is 11.5 Å². The van der Waals surface area contributed by atoms with Crippen LogP contribution in [-0.4, -0.2) is 19.3 Å². The first kappa shape index (κ1) is 16.4. The highest BCUT2D eigenvalue weighted by Gasteiger charge is 2.09. The van der Waals surface area contributed by atoms with E-state index < -0.39 is 0 Å². The van der Waals surface area contributed by atoms with Gasteiger partial charge in [-0.05, 0) is 55.0 Å². The number of hydrogen-bond donors (Lipinski definition) is 2. The molecular weight excluding hydrogens is 320 g/mol. The SMILES string of the molecule is COc1ccc(C)cc1NC(=S)Nc1cc(Cl)ccc1OC. The third kappa shape index (κ3) is 4.02. The van der Waals surface area contributed by atoms with Gasteiger partial charge in [-0.3, -0.25) is 0 Å². The van der Waals surface area contributed by atoms with E-state index in [1.807, 2.05) is 25.1 Å². The van der Waals surface area contributed by atoms with Gasteiger partial charge in [0.25, 0.3) is 0 Å². The lowest BCUT2D eigenvalue weighted by molar-refractivity contribution is 0.416. The minimum Gasteiger partial charge on any atom is -0.495 e.